The Labute approximate surface area is 161 Å². The molecule has 1 aliphatic carbocycles. The molecular weight excluding hydrogens is 390 g/mol. The molecule has 0 radical (unpaired) electrons. The van der Waals surface area contributed by atoms with Gasteiger partial charge in [0, 0.05) is 22.3 Å². The zero-order chi connectivity index (χ0) is 18.5. The number of hydrogen-bond acceptors (Lipinski definition) is 7. The quantitative estimate of drug-likeness (QED) is 0.556. The number of carbonyl (C=O) groups is 1. The number of hydrogen-bond donors (Lipinski definition) is 0. The smallest absolute Gasteiger partial charge is 0.233 e. The first-order valence-corrected chi connectivity index (χ1v) is 12.3. The number of aryl methyl sites for hydroxylation is 2. The maximum Gasteiger partial charge on any atom is 0.233 e. The topological polar surface area (TPSA) is 80.2 Å². The highest BCUT2D eigenvalue weighted by Gasteiger charge is 2.41. The summed E-state index contributed by atoms with van der Waals surface area (Å²) < 4.78 is 23.6. The van der Waals surface area contributed by atoms with Crippen molar-refractivity contribution in [2.24, 2.45) is 0 Å². The lowest BCUT2D eigenvalue weighted by atomic mass is 10.2. The molecule has 1 saturated carbocycles. The summed E-state index contributed by atoms with van der Waals surface area (Å²) in [7, 11) is -3.00. The number of fused-ring (bicyclic) bond motifs is 1. The zero-order valence-electron chi connectivity index (χ0n) is 14.8. The van der Waals surface area contributed by atoms with Crippen LogP contribution in [0.25, 0.3) is 10.2 Å². The van der Waals surface area contributed by atoms with E-state index < -0.39 is 9.84 Å². The minimum atomic E-state index is -3.00. The lowest BCUT2D eigenvalue weighted by Crippen LogP contribution is -2.43. The van der Waals surface area contributed by atoms with Crippen LogP contribution in [0, 0.1) is 13.8 Å². The fourth-order valence-corrected chi connectivity index (χ4v) is 7.21. The molecule has 140 valence electrons. The van der Waals surface area contributed by atoms with Gasteiger partial charge in [-0.15, -0.1) is 11.3 Å². The lowest BCUT2D eigenvalue weighted by Gasteiger charge is -2.28. The van der Waals surface area contributed by atoms with Crippen molar-refractivity contribution in [1.82, 2.24) is 14.9 Å². The average Bonchev–Trinajstić information content (AvgIpc) is 3.29. The van der Waals surface area contributed by atoms with Crippen molar-refractivity contribution in [2.45, 2.75) is 50.2 Å². The standard InChI is InChI=1S/C17H21N3O3S3/c1-10-11(2)25-17-15(10)16(18-9-19-17)24-7-14(21)20(12-3-4-12)13-5-6-26(22,23)8-13/h9,12-13H,3-8H2,1-2H3/t13-/m1/s1. The fourth-order valence-electron chi connectivity index (χ4n) is 3.52. The van der Waals surface area contributed by atoms with Gasteiger partial charge in [-0.25, -0.2) is 18.4 Å². The summed E-state index contributed by atoms with van der Waals surface area (Å²) in [6.45, 7) is 4.12. The van der Waals surface area contributed by atoms with Gasteiger partial charge in [0.1, 0.15) is 16.2 Å². The Kier molecular flexibility index (Phi) is 4.73. The average molecular weight is 412 g/mol. The number of thiophene rings is 1. The van der Waals surface area contributed by atoms with Gasteiger partial charge in [-0.1, -0.05) is 11.8 Å². The van der Waals surface area contributed by atoms with Gasteiger partial charge in [0.2, 0.25) is 5.91 Å². The van der Waals surface area contributed by atoms with E-state index in [2.05, 4.69) is 23.8 Å². The van der Waals surface area contributed by atoms with Crippen molar-refractivity contribution in [2.75, 3.05) is 17.3 Å². The third-order valence-electron chi connectivity index (χ3n) is 5.09. The number of thioether (sulfide) groups is 1. The number of rotatable bonds is 5. The van der Waals surface area contributed by atoms with Crippen molar-refractivity contribution in [3.05, 3.63) is 16.8 Å². The van der Waals surface area contributed by atoms with Crippen LogP contribution in [0.5, 0.6) is 0 Å². The first-order valence-electron chi connectivity index (χ1n) is 8.71. The van der Waals surface area contributed by atoms with Gasteiger partial charge in [0.25, 0.3) is 0 Å². The van der Waals surface area contributed by atoms with E-state index >= 15 is 0 Å². The molecule has 2 aromatic rings. The van der Waals surface area contributed by atoms with Crippen molar-refractivity contribution >= 4 is 49.1 Å². The fraction of sp³-hybridized carbons (Fsp3) is 0.588. The Hall–Kier alpha value is -1.19. The van der Waals surface area contributed by atoms with Gasteiger partial charge < -0.3 is 4.90 Å². The van der Waals surface area contributed by atoms with E-state index in [-0.39, 0.29) is 35.2 Å². The van der Waals surface area contributed by atoms with E-state index in [1.807, 2.05) is 4.90 Å². The van der Waals surface area contributed by atoms with Crippen LogP contribution < -0.4 is 0 Å². The molecule has 2 aromatic heterocycles. The van der Waals surface area contributed by atoms with Gasteiger partial charge in [0.05, 0.1) is 17.3 Å². The summed E-state index contributed by atoms with van der Waals surface area (Å²) in [6, 6.07) is 0.0630. The third-order valence-corrected chi connectivity index (χ3v) is 8.93. The highest BCUT2D eigenvalue weighted by atomic mass is 32.2. The molecule has 1 amide bonds. The van der Waals surface area contributed by atoms with Crippen LogP contribution >= 0.6 is 23.1 Å². The molecule has 0 unspecified atom stereocenters. The molecule has 4 rings (SSSR count). The first-order chi connectivity index (χ1) is 12.4. The normalized spacial score (nSPS) is 22.0. The van der Waals surface area contributed by atoms with Gasteiger partial charge >= 0.3 is 0 Å². The van der Waals surface area contributed by atoms with E-state index in [4.69, 9.17) is 0 Å². The highest BCUT2D eigenvalue weighted by molar-refractivity contribution is 8.00. The van der Waals surface area contributed by atoms with Crippen LogP contribution in [-0.2, 0) is 14.6 Å². The van der Waals surface area contributed by atoms with E-state index in [1.165, 1.54) is 22.2 Å². The van der Waals surface area contributed by atoms with Crippen LogP contribution in [-0.4, -0.2) is 58.5 Å². The zero-order valence-corrected chi connectivity index (χ0v) is 17.2. The van der Waals surface area contributed by atoms with Gasteiger partial charge in [-0.3, -0.25) is 4.79 Å². The number of aromatic nitrogens is 2. The molecule has 26 heavy (non-hydrogen) atoms. The summed E-state index contributed by atoms with van der Waals surface area (Å²) in [6.07, 6.45) is 4.07. The number of sulfone groups is 1. The van der Waals surface area contributed by atoms with E-state index in [0.29, 0.717) is 6.42 Å². The van der Waals surface area contributed by atoms with E-state index in [1.54, 1.807) is 17.7 Å². The molecule has 3 heterocycles. The summed E-state index contributed by atoms with van der Waals surface area (Å²) in [4.78, 5) is 25.6. The van der Waals surface area contributed by atoms with Crippen molar-refractivity contribution in [3.63, 3.8) is 0 Å². The summed E-state index contributed by atoms with van der Waals surface area (Å²) in [5.74, 6) is 0.617. The molecule has 0 bridgehead atoms. The first kappa shape index (κ1) is 18.2. The molecule has 1 saturated heterocycles. The highest BCUT2D eigenvalue weighted by Crippen LogP contribution is 2.36. The van der Waals surface area contributed by atoms with Crippen LogP contribution in [0.1, 0.15) is 29.7 Å². The third kappa shape index (κ3) is 3.48. The molecule has 0 spiro atoms. The van der Waals surface area contributed by atoms with Crippen LogP contribution in [0.2, 0.25) is 0 Å². The van der Waals surface area contributed by atoms with E-state index in [9.17, 15) is 13.2 Å². The number of carbonyl (C=O) groups excluding carboxylic acids is 1. The summed E-state index contributed by atoms with van der Waals surface area (Å²) >= 11 is 3.07. The molecular formula is C17H21N3O3S3. The predicted molar refractivity (Wildman–Crippen MR) is 105 cm³/mol. The molecule has 0 N–H and O–H groups in total. The molecule has 2 fully saturated rings. The Morgan fingerprint density at radius 1 is 1.27 bits per heavy atom. The van der Waals surface area contributed by atoms with Crippen LogP contribution in [0.15, 0.2) is 11.4 Å². The lowest BCUT2D eigenvalue weighted by molar-refractivity contribution is -0.130. The second-order valence-corrected chi connectivity index (χ2v) is 11.4. The number of nitrogens with zero attached hydrogens (tertiary/aromatic N) is 3. The SMILES string of the molecule is Cc1sc2ncnc(SCC(=O)N(C3CC3)[C@@H]3CCS(=O)(=O)C3)c2c1C. The maximum atomic E-state index is 12.9. The Balaban J connectivity index is 1.51. The number of amides is 1. The van der Waals surface area contributed by atoms with Gasteiger partial charge in [-0.2, -0.15) is 0 Å². The molecule has 0 aromatic carbocycles. The summed E-state index contributed by atoms with van der Waals surface area (Å²) in [5.41, 5.74) is 1.17. The van der Waals surface area contributed by atoms with Crippen molar-refractivity contribution in [1.29, 1.82) is 0 Å². The molecule has 6 nitrogen and oxygen atoms in total. The Morgan fingerprint density at radius 2 is 2.04 bits per heavy atom. The summed E-state index contributed by atoms with van der Waals surface area (Å²) in [5, 5.41) is 1.87. The Bertz CT molecular complexity index is 966. The maximum absolute atomic E-state index is 12.9. The predicted octanol–water partition coefficient (Wildman–Crippen LogP) is 2.58. The molecule has 9 heteroatoms. The minimum absolute atomic E-state index is 0.0240. The molecule has 2 aliphatic rings. The monoisotopic (exact) mass is 411 g/mol. The van der Waals surface area contributed by atoms with Crippen LogP contribution in [0.3, 0.4) is 0 Å². The molecule has 1 atom stereocenters. The second kappa shape index (κ2) is 6.76. The minimum Gasteiger partial charge on any atom is -0.335 e. The second-order valence-electron chi connectivity index (χ2n) is 7.02. The largest absolute Gasteiger partial charge is 0.335 e. The van der Waals surface area contributed by atoms with Crippen LogP contribution in [0.4, 0.5) is 0 Å². The van der Waals surface area contributed by atoms with E-state index in [0.717, 1.165) is 28.1 Å². The van der Waals surface area contributed by atoms with Gasteiger partial charge in [-0.05, 0) is 38.7 Å². The van der Waals surface area contributed by atoms with Gasteiger partial charge in [0.15, 0.2) is 9.84 Å². The van der Waals surface area contributed by atoms with Crippen molar-refractivity contribution < 1.29 is 13.2 Å². The molecule has 1 aliphatic heterocycles. The Morgan fingerprint density at radius 3 is 2.69 bits per heavy atom. The van der Waals surface area contributed by atoms with Crippen molar-refractivity contribution in [3.8, 4) is 0 Å².